The Labute approximate surface area is 222 Å². The van der Waals surface area contributed by atoms with Gasteiger partial charge in [0.2, 0.25) is 0 Å². The molecule has 1 aliphatic heterocycles. The lowest BCUT2D eigenvalue weighted by molar-refractivity contribution is 0.0358. The lowest BCUT2D eigenvalue weighted by atomic mass is 9.93. The standard InChI is InChI=1S/C29H33FN4O4/c1-29(2,3)26-20-27(33-38-26)32-28(35)31-25-12-9-22(19-24(25)30)6-5-21-7-10-23(11-8-21)37-16-4-13-34-14-17-36-18-15-34/h7-12,19-20H,4,13-18H2,1-3H3,(H2,31,32,33,35). The quantitative estimate of drug-likeness (QED) is 0.327. The Morgan fingerprint density at radius 3 is 2.45 bits per heavy atom. The van der Waals surface area contributed by atoms with Crippen molar-refractivity contribution in [3.8, 4) is 17.6 Å². The molecule has 0 saturated carbocycles. The van der Waals surface area contributed by atoms with E-state index >= 15 is 0 Å². The lowest BCUT2D eigenvalue weighted by Crippen LogP contribution is -2.37. The van der Waals surface area contributed by atoms with Crippen LogP contribution in [0.5, 0.6) is 5.75 Å². The number of nitrogens with zero attached hydrogens (tertiary/aromatic N) is 2. The van der Waals surface area contributed by atoms with Gasteiger partial charge in [0.25, 0.3) is 0 Å². The number of morpholine rings is 1. The summed E-state index contributed by atoms with van der Waals surface area (Å²) < 4.78 is 31.0. The monoisotopic (exact) mass is 520 g/mol. The molecule has 0 aliphatic carbocycles. The number of hydrogen-bond donors (Lipinski definition) is 2. The number of halogens is 1. The van der Waals surface area contributed by atoms with E-state index in [9.17, 15) is 9.18 Å². The summed E-state index contributed by atoms with van der Waals surface area (Å²) in [5, 5.41) is 8.84. The number of benzene rings is 2. The molecule has 0 bridgehead atoms. The summed E-state index contributed by atoms with van der Waals surface area (Å²) in [4.78, 5) is 14.6. The molecular weight excluding hydrogens is 487 g/mol. The summed E-state index contributed by atoms with van der Waals surface area (Å²) in [5.74, 6) is 7.05. The van der Waals surface area contributed by atoms with Crippen molar-refractivity contribution in [1.82, 2.24) is 10.1 Å². The Morgan fingerprint density at radius 1 is 1.05 bits per heavy atom. The van der Waals surface area contributed by atoms with E-state index in [0.29, 0.717) is 17.9 Å². The van der Waals surface area contributed by atoms with Gasteiger partial charge in [0.1, 0.15) is 17.3 Å². The highest BCUT2D eigenvalue weighted by Gasteiger charge is 2.20. The molecule has 8 nitrogen and oxygen atoms in total. The largest absolute Gasteiger partial charge is 0.494 e. The summed E-state index contributed by atoms with van der Waals surface area (Å²) in [6.45, 7) is 11.1. The van der Waals surface area contributed by atoms with Gasteiger partial charge in [0.05, 0.1) is 25.5 Å². The first-order valence-corrected chi connectivity index (χ1v) is 12.7. The third-order valence-electron chi connectivity index (χ3n) is 5.90. The smallest absolute Gasteiger partial charge is 0.325 e. The van der Waals surface area contributed by atoms with Gasteiger partial charge in [-0.05, 0) is 48.9 Å². The number of carbonyl (C=O) groups is 1. The maximum atomic E-state index is 14.6. The van der Waals surface area contributed by atoms with Crippen molar-refractivity contribution in [2.75, 3.05) is 50.1 Å². The molecule has 1 saturated heterocycles. The Morgan fingerprint density at radius 2 is 1.76 bits per heavy atom. The molecule has 0 radical (unpaired) electrons. The molecule has 0 atom stereocenters. The highest BCUT2D eigenvalue weighted by molar-refractivity contribution is 5.99. The summed E-state index contributed by atoms with van der Waals surface area (Å²) in [7, 11) is 0. The van der Waals surface area contributed by atoms with E-state index in [-0.39, 0.29) is 16.9 Å². The number of amides is 2. The molecule has 2 heterocycles. The molecule has 4 rings (SSSR count). The fourth-order valence-electron chi connectivity index (χ4n) is 3.73. The van der Waals surface area contributed by atoms with Crippen LogP contribution in [0.1, 0.15) is 44.1 Å². The first kappa shape index (κ1) is 27.2. The molecular formula is C29H33FN4O4. The minimum atomic E-state index is -0.625. The molecule has 200 valence electrons. The van der Waals surface area contributed by atoms with Crippen molar-refractivity contribution in [3.05, 3.63) is 71.2 Å². The molecule has 2 aromatic carbocycles. The third kappa shape index (κ3) is 8.07. The zero-order valence-electron chi connectivity index (χ0n) is 22.0. The lowest BCUT2D eigenvalue weighted by Gasteiger charge is -2.26. The van der Waals surface area contributed by atoms with E-state index < -0.39 is 11.8 Å². The van der Waals surface area contributed by atoms with Crippen LogP contribution in [0.15, 0.2) is 53.1 Å². The zero-order valence-corrected chi connectivity index (χ0v) is 22.0. The normalized spacial score (nSPS) is 13.9. The summed E-state index contributed by atoms with van der Waals surface area (Å²) >= 11 is 0. The first-order chi connectivity index (χ1) is 18.3. The Hall–Kier alpha value is -3.87. The van der Waals surface area contributed by atoms with Crippen LogP contribution in [0.4, 0.5) is 20.7 Å². The maximum absolute atomic E-state index is 14.6. The van der Waals surface area contributed by atoms with Crippen molar-refractivity contribution in [3.63, 3.8) is 0 Å². The molecule has 1 aliphatic rings. The topological polar surface area (TPSA) is 88.9 Å². The third-order valence-corrected chi connectivity index (χ3v) is 5.90. The average molecular weight is 521 g/mol. The summed E-state index contributed by atoms with van der Waals surface area (Å²) in [5.41, 5.74) is 1.06. The maximum Gasteiger partial charge on any atom is 0.325 e. The number of rotatable bonds is 7. The van der Waals surface area contributed by atoms with Gasteiger partial charge in [-0.1, -0.05) is 37.8 Å². The Bertz CT molecular complexity index is 1280. The zero-order chi connectivity index (χ0) is 27.0. The number of anilines is 2. The molecule has 1 aromatic heterocycles. The van der Waals surface area contributed by atoms with Crippen LogP contribution in [0.2, 0.25) is 0 Å². The molecule has 9 heteroatoms. The number of nitrogens with one attached hydrogen (secondary N) is 2. The fourth-order valence-corrected chi connectivity index (χ4v) is 3.73. The highest BCUT2D eigenvalue weighted by Crippen LogP contribution is 2.24. The molecule has 0 spiro atoms. The van der Waals surface area contributed by atoms with Crippen LogP contribution >= 0.6 is 0 Å². The van der Waals surface area contributed by atoms with Gasteiger partial charge in [-0.3, -0.25) is 10.2 Å². The second-order valence-corrected chi connectivity index (χ2v) is 10.0. The van der Waals surface area contributed by atoms with Gasteiger partial charge < -0.3 is 19.3 Å². The Balaban J connectivity index is 1.25. The van der Waals surface area contributed by atoms with E-state index in [0.717, 1.165) is 50.6 Å². The molecule has 1 fully saturated rings. The average Bonchev–Trinajstić information content (AvgIpc) is 3.37. The van der Waals surface area contributed by atoms with Crippen molar-refractivity contribution < 1.29 is 23.2 Å². The molecule has 2 amide bonds. The predicted molar refractivity (Wildman–Crippen MR) is 144 cm³/mol. The minimum absolute atomic E-state index is 0.0303. The minimum Gasteiger partial charge on any atom is -0.494 e. The van der Waals surface area contributed by atoms with Crippen LogP contribution in [0, 0.1) is 17.7 Å². The van der Waals surface area contributed by atoms with E-state index in [2.05, 4.69) is 32.5 Å². The van der Waals surface area contributed by atoms with Gasteiger partial charge in [-0.25, -0.2) is 9.18 Å². The van der Waals surface area contributed by atoms with E-state index in [1.807, 2.05) is 45.0 Å². The number of urea groups is 1. The van der Waals surface area contributed by atoms with Gasteiger partial charge in [-0.2, -0.15) is 0 Å². The predicted octanol–water partition coefficient (Wildman–Crippen LogP) is 5.26. The number of ether oxygens (including phenoxy) is 2. The second kappa shape index (κ2) is 12.6. The second-order valence-electron chi connectivity index (χ2n) is 10.0. The van der Waals surface area contributed by atoms with Gasteiger partial charge in [-0.15, -0.1) is 0 Å². The SMILES string of the molecule is CC(C)(C)c1cc(NC(=O)Nc2ccc(C#Cc3ccc(OCCCN4CCOCC4)cc3)cc2F)no1. The van der Waals surface area contributed by atoms with Crippen LogP contribution in [0.3, 0.4) is 0 Å². The Kier molecular flexibility index (Phi) is 9.00. The fraction of sp³-hybridized carbons (Fsp3) is 0.379. The van der Waals surface area contributed by atoms with Crippen molar-refractivity contribution in [1.29, 1.82) is 0 Å². The number of carbonyl (C=O) groups excluding carboxylic acids is 1. The highest BCUT2D eigenvalue weighted by atomic mass is 19.1. The van der Waals surface area contributed by atoms with E-state index in [4.69, 9.17) is 14.0 Å². The number of aromatic nitrogens is 1. The van der Waals surface area contributed by atoms with E-state index in [1.54, 1.807) is 12.1 Å². The van der Waals surface area contributed by atoms with Crippen LogP contribution in [-0.2, 0) is 10.2 Å². The molecule has 38 heavy (non-hydrogen) atoms. The van der Waals surface area contributed by atoms with Crippen LogP contribution < -0.4 is 15.4 Å². The van der Waals surface area contributed by atoms with Crippen LogP contribution in [0.25, 0.3) is 0 Å². The van der Waals surface area contributed by atoms with Crippen molar-refractivity contribution >= 4 is 17.5 Å². The molecule has 0 unspecified atom stereocenters. The summed E-state index contributed by atoms with van der Waals surface area (Å²) in [6, 6.07) is 12.9. The first-order valence-electron chi connectivity index (χ1n) is 12.7. The number of hydrogen-bond acceptors (Lipinski definition) is 6. The van der Waals surface area contributed by atoms with Crippen molar-refractivity contribution in [2.45, 2.75) is 32.6 Å². The van der Waals surface area contributed by atoms with Crippen LogP contribution in [-0.4, -0.2) is 55.5 Å². The molecule has 3 aromatic rings. The summed E-state index contributed by atoms with van der Waals surface area (Å²) in [6.07, 6.45) is 0.956. The van der Waals surface area contributed by atoms with Crippen molar-refractivity contribution in [2.24, 2.45) is 0 Å². The van der Waals surface area contributed by atoms with Gasteiger partial charge in [0.15, 0.2) is 5.82 Å². The molecule has 2 N–H and O–H groups in total. The van der Waals surface area contributed by atoms with Gasteiger partial charge >= 0.3 is 6.03 Å². The van der Waals surface area contributed by atoms with Gasteiger partial charge in [0, 0.05) is 42.2 Å². The van der Waals surface area contributed by atoms with E-state index in [1.165, 1.54) is 12.1 Å².